The average molecular weight is 326 g/mol. The van der Waals surface area contributed by atoms with Gasteiger partial charge in [0.05, 0.1) is 14.2 Å². The van der Waals surface area contributed by atoms with E-state index < -0.39 is 0 Å². The second-order valence-corrected chi connectivity index (χ2v) is 5.94. The highest BCUT2D eigenvalue weighted by atomic mass is 16.5. The third-order valence-corrected chi connectivity index (χ3v) is 4.18. The largest absolute Gasteiger partial charge is 0.497 e. The van der Waals surface area contributed by atoms with Crippen molar-refractivity contribution in [2.45, 2.75) is 38.5 Å². The van der Waals surface area contributed by atoms with Crippen LogP contribution in [0.1, 0.15) is 36.8 Å². The number of hydrogen-bond donors (Lipinski definition) is 0. The van der Waals surface area contributed by atoms with Gasteiger partial charge in [0.25, 0.3) is 0 Å². The van der Waals surface area contributed by atoms with Crippen molar-refractivity contribution in [1.82, 2.24) is 0 Å². The van der Waals surface area contributed by atoms with E-state index in [0.717, 1.165) is 37.2 Å². The Balaban J connectivity index is 1.62. The van der Waals surface area contributed by atoms with E-state index in [4.69, 9.17) is 9.47 Å². The Morgan fingerprint density at radius 3 is 1.71 bits per heavy atom. The molecule has 3 nitrogen and oxygen atoms in total. The second-order valence-electron chi connectivity index (χ2n) is 5.94. The zero-order valence-corrected chi connectivity index (χ0v) is 14.6. The maximum atomic E-state index is 12.0. The minimum atomic E-state index is 0.348. The van der Waals surface area contributed by atoms with E-state index in [1.165, 1.54) is 11.1 Å². The normalized spacial score (nSPS) is 10.4. The van der Waals surface area contributed by atoms with Crippen LogP contribution in [0.2, 0.25) is 0 Å². The van der Waals surface area contributed by atoms with E-state index in [9.17, 15) is 4.79 Å². The smallest absolute Gasteiger partial charge is 0.133 e. The van der Waals surface area contributed by atoms with Crippen molar-refractivity contribution in [3.63, 3.8) is 0 Å². The van der Waals surface area contributed by atoms with Crippen LogP contribution < -0.4 is 9.47 Å². The topological polar surface area (TPSA) is 35.5 Å². The summed E-state index contributed by atoms with van der Waals surface area (Å²) in [4.78, 5) is 12.0. The Bertz CT molecular complexity index is 615. The molecule has 0 radical (unpaired) electrons. The van der Waals surface area contributed by atoms with Crippen molar-refractivity contribution in [3.05, 3.63) is 59.7 Å². The van der Waals surface area contributed by atoms with Crippen LogP contribution in [0, 0.1) is 0 Å². The van der Waals surface area contributed by atoms with Gasteiger partial charge in [-0.2, -0.15) is 0 Å². The number of ketones is 1. The van der Waals surface area contributed by atoms with Crippen molar-refractivity contribution in [1.29, 1.82) is 0 Å². The van der Waals surface area contributed by atoms with Gasteiger partial charge in [0, 0.05) is 12.8 Å². The minimum absolute atomic E-state index is 0.348. The molecule has 0 amide bonds. The Hall–Kier alpha value is -2.29. The van der Waals surface area contributed by atoms with Crippen molar-refractivity contribution >= 4 is 5.78 Å². The molecule has 0 N–H and O–H groups in total. The first-order chi connectivity index (χ1) is 11.7. The van der Waals surface area contributed by atoms with Crippen LogP contribution in [0.15, 0.2) is 48.5 Å². The van der Waals surface area contributed by atoms with E-state index in [1.54, 1.807) is 14.2 Å². The van der Waals surface area contributed by atoms with E-state index in [0.29, 0.717) is 18.6 Å². The van der Waals surface area contributed by atoms with Gasteiger partial charge in [-0.1, -0.05) is 24.3 Å². The zero-order chi connectivity index (χ0) is 17.2. The number of methoxy groups -OCH3 is 2. The Kier molecular flexibility index (Phi) is 7.34. The molecule has 0 aliphatic carbocycles. The van der Waals surface area contributed by atoms with Gasteiger partial charge < -0.3 is 9.47 Å². The molecule has 0 bridgehead atoms. The zero-order valence-electron chi connectivity index (χ0n) is 14.6. The standard InChI is InChI=1S/C21H26O3/c1-23-20-13-8-17(9-14-20)5-3-4-6-19(22)12-7-18-10-15-21(24-2)16-11-18/h8-11,13-16H,3-7,12H2,1-2H3. The van der Waals surface area contributed by atoms with Gasteiger partial charge in [-0.25, -0.2) is 0 Å². The van der Waals surface area contributed by atoms with Crippen molar-refractivity contribution in [2.24, 2.45) is 0 Å². The van der Waals surface area contributed by atoms with Crippen molar-refractivity contribution in [2.75, 3.05) is 14.2 Å². The molecule has 0 unspecified atom stereocenters. The molecule has 0 aromatic heterocycles. The molecule has 0 aliphatic heterocycles. The number of benzene rings is 2. The van der Waals surface area contributed by atoms with Gasteiger partial charge in [0.2, 0.25) is 0 Å². The lowest BCUT2D eigenvalue weighted by molar-refractivity contribution is -0.119. The molecule has 0 saturated carbocycles. The highest BCUT2D eigenvalue weighted by molar-refractivity contribution is 5.78. The van der Waals surface area contributed by atoms with Crippen molar-refractivity contribution in [3.8, 4) is 11.5 Å². The summed E-state index contributed by atoms with van der Waals surface area (Å²) in [5.41, 5.74) is 2.48. The summed E-state index contributed by atoms with van der Waals surface area (Å²) in [6, 6.07) is 16.1. The lowest BCUT2D eigenvalue weighted by Crippen LogP contribution is -2.00. The fourth-order valence-corrected chi connectivity index (χ4v) is 2.64. The summed E-state index contributed by atoms with van der Waals surface area (Å²) in [5.74, 6) is 2.08. The molecule has 128 valence electrons. The average Bonchev–Trinajstić information content (AvgIpc) is 2.64. The highest BCUT2D eigenvalue weighted by Crippen LogP contribution is 2.15. The minimum Gasteiger partial charge on any atom is -0.497 e. The van der Waals surface area contributed by atoms with Gasteiger partial charge >= 0.3 is 0 Å². The summed E-state index contributed by atoms with van der Waals surface area (Å²) < 4.78 is 10.3. The number of unbranched alkanes of at least 4 members (excludes halogenated alkanes) is 1. The molecule has 0 fully saturated rings. The molecular weight excluding hydrogens is 300 g/mol. The molecule has 2 rings (SSSR count). The van der Waals surface area contributed by atoms with Gasteiger partial charge in [-0.05, 0) is 61.1 Å². The van der Waals surface area contributed by atoms with Crippen LogP contribution in [-0.4, -0.2) is 20.0 Å². The summed E-state index contributed by atoms with van der Waals surface area (Å²) in [7, 11) is 3.33. The molecule has 0 heterocycles. The molecule has 3 heteroatoms. The van der Waals surface area contributed by atoms with Crippen LogP contribution in [0.5, 0.6) is 11.5 Å². The lowest BCUT2D eigenvalue weighted by Gasteiger charge is -2.05. The van der Waals surface area contributed by atoms with Crippen LogP contribution >= 0.6 is 0 Å². The van der Waals surface area contributed by atoms with Crippen LogP contribution in [0.25, 0.3) is 0 Å². The lowest BCUT2D eigenvalue weighted by atomic mass is 10.0. The summed E-state index contributed by atoms with van der Waals surface area (Å²) in [6.07, 6.45) is 5.10. The number of carbonyl (C=O) groups is 1. The van der Waals surface area contributed by atoms with Gasteiger partial charge in [-0.3, -0.25) is 4.79 Å². The summed E-state index contributed by atoms with van der Waals surface area (Å²) >= 11 is 0. The van der Waals surface area contributed by atoms with Gasteiger partial charge in [0.1, 0.15) is 17.3 Å². The Morgan fingerprint density at radius 1 is 0.708 bits per heavy atom. The molecule has 0 spiro atoms. The maximum Gasteiger partial charge on any atom is 0.133 e. The first kappa shape index (κ1) is 18.1. The van der Waals surface area contributed by atoms with Crippen LogP contribution in [0.3, 0.4) is 0 Å². The van der Waals surface area contributed by atoms with Crippen molar-refractivity contribution < 1.29 is 14.3 Å². The quantitative estimate of drug-likeness (QED) is 0.598. The van der Waals surface area contributed by atoms with Gasteiger partial charge in [-0.15, -0.1) is 0 Å². The Labute approximate surface area is 144 Å². The highest BCUT2D eigenvalue weighted by Gasteiger charge is 2.04. The third-order valence-electron chi connectivity index (χ3n) is 4.18. The van der Waals surface area contributed by atoms with E-state index in [1.807, 2.05) is 36.4 Å². The molecule has 0 saturated heterocycles. The third kappa shape index (κ3) is 6.07. The first-order valence-electron chi connectivity index (χ1n) is 8.49. The number of hydrogen-bond acceptors (Lipinski definition) is 3. The fraction of sp³-hybridized carbons (Fsp3) is 0.381. The van der Waals surface area contributed by atoms with Crippen LogP contribution in [-0.2, 0) is 17.6 Å². The van der Waals surface area contributed by atoms with E-state index >= 15 is 0 Å². The first-order valence-corrected chi connectivity index (χ1v) is 8.49. The van der Waals surface area contributed by atoms with Gasteiger partial charge in [0.15, 0.2) is 0 Å². The number of rotatable bonds is 10. The molecule has 0 atom stereocenters. The van der Waals surface area contributed by atoms with Crippen LogP contribution in [0.4, 0.5) is 0 Å². The van der Waals surface area contributed by atoms with E-state index in [2.05, 4.69) is 12.1 Å². The molecule has 2 aromatic rings. The van der Waals surface area contributed by atoms with E-state index in [-0.39, 0.29) is 0 Å². The summed E-state index contributed by atoms with van der Waals surface area (Å²) in [5, 5.41) is 0. The predicted octanol–water partition coefficient (Wildman–Crippen LogP) is 4.62. The maximum absolute atomic E-state index is 12.0. The molecule has 24 heavy (non-hydrogen) atoms. The number of ether oxygens (including phenoxy) is 2. The predicted molar refractivity (Wildman–Crippen MR) is 96.9 cm³/mol. The molecule has 0 aliphatic rings. The molecular formula is C21H26O3. The monoisotopic (exact) mass is 326 g/mol. The fourth-order valence-electron chi connectivity index (χ4n) is 2.64. The number of Topliss-reactive ketones (excluding diaryl/α,β-unsaturated/α-hetero) is 1. The molecule has 2 aromatic carbocycles. The summed E-state index contributed by atoms with van der Waals surface area (Å²) in [6.45, 7) is 0. The SMILES string of the molecule is COc1ccc(CCCCC(=O)CCc2ccc(OC)cc2)cc1. The number of carbonyl (C=O) groups excluding carboxylic acids is 1. The number of aryl methyl sites for hydroxylation is 2. The second kappa shape index (κ2) is 9.76. The Morgan fingerprint density at radius 2 is 1.21 bits per heavy atom.